The van der Waals surface area contributed by atoms with Crippen LogP contribution in [0.3, 0.4) is 0 Å². The predicted molar refractivity (Wildman–Crippen MR) is 90.5 cm³/mol. The van der Waals surface area contributed by atoms with E-state index in [0.717, 1.165) is 49.2 Å². The van der Waals surface area contributed by atoms with Gasteiger partial charge in [0, 0.05) is 30.4 Å². The highest BCUT2D eigenvalue weighted by atomic mass is 16.3. The van der Waals surface area contributed by atoms with Crippen molar-refractivity contribution in [2.75, 3.05) is 13.1 Å². The summed E-state index contributed by atoms with van der Waals surface area (Å²) >= 11 is 0. The Balaban J connectivity index is 1.92. The number of aromatic nitrogens is 1. The summed E-state index contributed by atoms with van der Waals surface area (Å²) < 4.78 is 0. The van der Waals surface area contributed by atoms with Gasteiger partial charge in [0.15, 0.2) is 0 Å². The SMILES string of the molecule is CCc1cc(O)ccc1-c1cc(C(=O)N2CCCCC2)ccn1. The minimum Gasteiger partial charge on any atom is -0.508 e. The molecule has 23 heavy (non-hydrogen) atoms. The van der Waals surface area contributed by atoms with E-state index in [1.54, 1.807) is 24.4 Å². The Bertz CT molecular complexity index is 706. The third-order valence-corrected chi connectivity index (χ3v) is 4.40. The van der Waals surface area contributed by atoms with Crippen LogP contribution in [0.1, 0.15) is 42.1 Å². The molecular formula is C19H22N2O2. The minimum atomic E-state index is 0.0881. The van der Waals surface area contributed by atoms with Gasteiger partial charge in [-0.05, 0) is 61.6 Å². The molecule has 1 N–H and O–H groups in total. The summed E-state index contributed by atoms with van der Waals surface area (Å²) in [6.07, 6.45) is 5.87. The quantitative estimate of drug-likeness (QED) is 0.941. The topological polar surface area (TPSA) is 53.4 Å². The van der Waals surface area contributed by atoms with Gasteiger partial charge in [0.1, 0.15) is 5.75 Å². The first kappa shape index (κ1) is 15.5. The van der Waals surface area contributed by atoms with E-state index < -0.39 is 0 Å². The summed E-state index contributed by atoms with van der Waals surface area (Å²) in [6.45, 7) is 3.73. The average Bonchev–Trinajstić information content (AvgIpc) is 2.61. The van der Waals surface area contributed by atoms with Crippen molar-refractivity contribution in [1.29, 1.82) is 0 Å². The van der Waals surface area contributed by atoms with E-state index in [2.05, 4.69) is 4.98 Å². The van der Waals surface area contributed by atoms with E-state index in [1.807, 2.05) is 24.0 Å². The van der Waals surface area contributed by atoms with Crippen LogP contribution in [0.25, 0.3) is 11.3 Å². The summed E-state index contributed by atoms with van der Waals surface area (Å²) in [7, 11) is 0. The van der Waals surface area contributed by atoms with Gasteiger partial charge < -0.3 is 10.0 Å². The molecule has 1 aromatic heterocycles. The van der Waals surface area contributed by atoms with Gasteiger partial charge in [0.2, 0.25) is 0 Å². The molecule has 1 fully saturated rings. The third kappa shape index (κ3) is 3.36. The number of hydrogen-bond acceptors (Lipinski definition) is 3. The molecule has 4 nitrogen and oxygen atoms in total. The van der Waals surface area contributed by atoms with Crippen LogP contribution < -0.4 is 0 Å². The van der Waals surface area contributed by atoms with Crippen LogP contribution >= 0.6 is 0 Å². The van der Waals surface area contributed by atoms with Crippen LogP contribution in [0, 0.1) is 0 Å². The Morgan fingerprint density at radius 1 is 1.17 bits per heavy atom. The summed E-state index contributed by atoms with van der Waals surface area (Å²) in [6, 6.07) is 8.94. The zero-order valence-corrected chi connectivity index (χ0v) is 13.5. The maximum absolute atomic E-state index is 12.6. The molecule has 1 aliphatic heterocycles. The number of carbonyl (C=O) groups excluding carboxylic acids is 1. The van der Waals surface area contributed by atoms with Crippen molar-refractivity contribution in [2.45, 2.75) is 32.6 Å². The zero-order chi connectivity index (χ0) is 16.2. The number of hydrogen-bond donors (Lipinski definition) is 1. The van der Waals surface area contributed by atoms with Crippen molar-refractivity contribution >= 4 is 5.91 Å². The zero-order valence-electron chi connectivity index (χ0n) is 13.5. The van der Waals surface area contributed by atoms with Crippen molar-refractivity contribution in [2.24, 2.45) is 0 Å². The molecule has 1 aliphatic rings. The Morgan fingerprint density at radius 3 is 2.70 bits per heavy atom. The maximum Gasteiger partial charge on any atom is 0.253 e. The van der Waals surface area contributed by atoms with E-state index in [1.165, 1.54) is 6.42 Å². The van der Waals surface area contributed by atoms with E-state index in [-0.39, 0.29) is 11.7 Å². The van der Waals surface area contributed by atoms with Crippen LogP contribution in [0.2, 0.25) is 0 Å². The van der Waals surface area contributed by atoms with E-state index in [4.69, 9.17) is 0 Å². The van der Waals surface area contributed by atoms with Crippen molar-refractivity contribution in [3.63, 3.8) is 0 Å². The summed E-state index contributed by atoms with van der Waals surface area (Å²) in [5.41, 5.74) is 3.47. The predicted octanol–water partition coefficient (Wildman–Crippen LogP) is 3.64. The van der Waals surface area contributed by atoms with E-state index in [0.29, 0.717) is 5.56 Å². The molecule has 0 radical (unpaired) electrons. The molecule has 0 saturated carbocycles. The van der Waals surface area contributed by atoms with E-state index in [9.17, 15) is 9.90 Å². The van der Waals surface area contributed by atoms with Crippen molar-refractivity contribution in [3.8, 4) is 17.0 Å². The number of aromatic hydroxyl groups is 1. The standard InChI is InChI=1S/C19H22N2O2/c1-2-14-12-16(22)6-7-17(14)18-13-15(8-9-20-18)19(23)21-10-4-3-5-11-21/h6-9,12-13,22H,2-5,10-11H2,1H3. The lowest BCUT2D eigenvalue weighted by molar-refractivity contribution is 0.0724. The number of nitrogens with zero attached hydrogens (tertiary/aromatic N) is 2. The van der Waals surface area contributed by atoms with Gasteiger partial charge in [-0.3, -0.25) is 9.78 Å². The number of likely N-dealkylation sites (tertiary alicyclic amines) is 1. The highest BCUT2D eigenvalue weighted by Crippen LogP contribution is 2.27. The average molecular weight is 310 g/mol. The van der Waals surface area contributed by atoms with Gasteiger partial charge in [-0.15, -0.1) is 0 Å². The number of aryl methyl sites for hydroxylation is 1. The molecule has 3 rings (SSSR count). The molecule has 0 unspecified atom stereocenters. The van der Waals surface area contributed by atoms with Gasteiger partial charge in [0.05, 0.1) is 5.69 Å². The first-order valence-corrected chi connectivity index (χ1v) is 8.26. The van der Waals surface area contributed by atoms with Gasteiger partial charge in [-0.25, -0.2) is 0 Å². The molecule has 4 heteroatoms. The lowest BCUT2D eigenvalue weighted by atomic mass is 10.00. The molecule has 0 spiro atoms. The number of amides is 1. The van der Waals surface area contributed by atoms with Crippen LogP contribution in [0.15, 0.2) is 36.5 Å². The Kier molecular flexibility index (Phi) is 4.60. The minimum absolute atomic E-state index is 0.0881. The second-order valence-corrected chi connectivity index (χ2v) is 5.98. The molecule has 120 valence electrons. The second-order valence-electron chi connectivity index (χ2n) is 5.98. The van der Waals surface area contributed by atoms with Gasteiger partial charge in [-0.1, -0.05) is 6.92 Å². The van der Waals surface area contributed by atoms with E-state index >= 15 is 0 Å². The number of phenolic OH excluding ortho intramolecular Hbond substituents is 1. The second kappa shape index (κ2) is 6.82. The lowest BCUT2D eigenvalue weighted by Crippen LogP contribution is -2.35. The molecule has 1 amide bonds. The first-order chi connectivity index (χ1) is 11.2. The lowest BCUT2D eigenvalue weighted by Gasteiger charge is -2.26. The van der Waals surface area contributed by atoms with Crippen molar-refractivity contribution in [3.05, 3.63) is 47.7 Å². The van der Waals surface area contributed by atoms with Crippen LogP contribution in [-0.4, -0.2) is 34.0 Å². The van der Waals surface area contributed by atoms with Crippen LogP contribution in [0.4, 0.5) is 0 Å². The normalized spacial score (nSPS) is 14.7. The number of phenols is 1. The monoisotopic (exact) mass is 310 g/mol. The summed E-state index contributed by atoms with van der Waals surface area (Å²) in [5, 5.41) is 9.65. The molecule has 0 aliphatic carbocycles. The smallest absolute Gasteiger partial charge is 0.253 e. The van der Waals surface area contributed by atoms with Gasteiger partial charge in [0.25, 0.3) is 5.91 Å². The van der Waals surface area contributed by atoms with Crippen molar-refractivity contribution < 1.29 is 9.90 Å². The highest BCUT2D eigenvalue weighted by molar-refractivity contribution is 5.95. The Hall–Kier alpha value is -2.36. The number of carbonyl (C=O) groups is 1. The number of benzene rings is 1. The number of piperidine rings is 1. The van der Waals surface area contributed by atoms with Gasteiger partial charge in [-0.2, -0.15) is 0 Å². The molecule has 2 aromatic rings. The fourth-order valence-corrected chi connectivity index (χ4v) is 3.11. The molecule has 0 atom stereocenters. The highest BCUT2D eigenvalue weighted by Gasteiger charge is 2.19. The van der Waals surface area contributed by atoms with Crippen LogP contribution in [-0.2, 0) is 6.42 Å². The molecule has 1 saturated heterocycles. The largest absolute Gasteiger partial charge is 0.508 e. The fourth-order valence-electron chi connectivity index (χ4n) is 3.11. The van der Waals surface area contributed by atoms with Crippen LogP contribution in [0.5, 0.6) is 5.75 Å². The maximum atomic E-state index is 12.6. The fraction of sp³-hybridized carbons (Fsp3) is 0.368. The number of rotatable bonds is 3. The Labute approximate surface area is 136 Å². The third-order valence-electron chi connectivity index (χ3n) is 4.40. The number of pyridine rings is 1. The molecule has 0 bridgehead atoms. The molecular weight excluding hydrogens is 288 g/mol. The van der Waals surface area contributed by atoms with Gasteiger partial charge >= 0.3 is 0 Å². The molecule has 2 heterocycles. The van der Waals surface area contributed by atoms with Crippen molar-refractivity contribution in [1.82, 2.24) is 9.88 Å². The first-order valence-electron chi connectivity index (χ1n) is 8.26. The summed E-state index contributed by atoms with van der Waals surface area (Å²) in [4.78, 5) is 19.0. The Morgan fingerprint density at radius 2 is 1.96 bits per heavy atom. The summed E-state index contributed by atoms with van der Waals surface area (Å²) in [5.74, 6) is 0.344. The molecule has 1 aromatic carbocycles.